The number of rotatable bonds is 7. The molecule has 0 aliphatic heterocycles. The smallest absolute Gasteiger partial charge is 0.255 e. The molecule has 0 unspecified atom stereocenters. The topological polar surface area (TPSA) is 88.9 Å². The Morgan fingerprint density at radius 3 is 2.55 bits per heavy atom. The molecule has 0 spiro atoms. The van der Waals surface area contributed by atoms with Crippen LogP contribution < -0.4 is 10.6 Å². The number of hydrogen-bond acceptors (Lipinski definition) is 5. The zero-order valence-electron chi connectivity index (χ0n) is 15.9. The van der Waals surface area contributed by atoms with Gasteiger partial charge in [0, 0.05) is 23.0 Å². The summed E-state index contributed by atoms with van der Waals surface area (Å²) in [5, 5.41) is 13.9. The molecule has 0 aliphatic carbocycles. The van der Waals surface area contributed by atoms with Crippen molar-refractivity contribution in [3.8, 4) is 0 Å². The molecule has 1 aromatic heterocycles. The van der Waals surface area contributed by atoms with Crippen molar-refractivity contribution in [2.75, 3.05) is 16.4 Å². The third-order valence-electron chi connectivity index (χ3n) is 3.92. The Hall–Kier alpha value is -3.20. The number of halogens is 1. The van der Waals surface area contributed by atoms with Crippen LogP contribution in [0.5, 0.6) is 0 Å². The highest BCUT2D eigenvalue weighted by molar-refractivity contribution is 7.99. The molecule has 1 heterocycles. The molecule has 0 bridgehead atoms. The maximum atomic E-state index is 13.3. The number of carbonyl (C=O) groups excluding carboxylic acids is 2. The molecular formula is C20H20FN5O2S. The summed E-state index contributed by atoms with van der Waals surface area (Å²) in [5.41, 5.74) is 1.20. The highest BCUT2D eigenvalue weighted by atomic mass is 32.2. The summed E-state index contributed by atoms with van der Waals surface area (Å²) < 4.78 is 15.1. The summed E-state index contributed by atoms with van der Waals surface area (Å²) in [5.74, 6) is -0.901. The normalized spacial score (nSPS) is 10.8. The molecule has 3 rings (SSSR count). The maximum absolute atomic E-state index is 13.3. The fourth-order valence-corrected chi connectivity index (χ4v) is 3.37. The second-order valence-electron chi connectivity index (χ2n) is 6.50. The molecule has 150 valence electrons. The number of nitrogens with one attached hydrogen (secondary N) is 2. The van der Waals surface area contributed by atoms with Crippen molar-refractivity contribution in [1.29, 1.82) is 0 Å². The van der Waals surface area contributed by atoms with E-state index in [4.69, 9.17) is 0 Å². The predicted molar refractivity (Wildman–Crippen MR) is 111 cm³/mol. The van der Waals surface area contributed by atoms with E-state index in [0.29, 0.717) is 22.1 Å². The molecule has 0 saturated carbocycles. The van der Waals surface area contributed by atoms with E-state index < -0.39 is 11.7 Å². The molecule has 0 radical (unpaired) electrons. The largest absolute Gasteiger partial charge is 0.325 e. The van der Waals surface area contributed by atoms with Crippen LogP contribution in [0, 0.1) is 5.82 Å². The summed E-state index contributed by atoms with van der Waals surface area (Å²) >= 11 is 1.29. The van der Waals surface area contributed by atoms with Gasteiger partial charge in [0.05, 0.1) is 5.75 Å². The molecule has 0 atom stereocenters. The standard InChI is InChI=1S/C20H20FN5O2S/c1-13(2)26-12-22-25-20(26)29-11-18(27)23-16-7-3-5-14(9-16)19(28)24-17-8-4-6-15(21)10-17/h3-10,12-13H,11H2,1-2H3,(H,23,27)(H,24,28). The van der Waals surface area contributed by atoms with E-state index in [9.17, 15) is 14.0 Å². The van der Waals surface area contributed by atoms with Gasteiger partial charge in [0.1, 0.15) is 12.1 Å². The molecule has 29 heavy (non-hydrogen) atoms. The second-order valence-corrected chi connectivity index (χ2v) is 7.44. The van der Waals surface area contributed by atoms with Crippen molar-refractivity contribution < 1.29 is 14.0 Å². The van der Waals surface area contributed by atoms with Gasteiger partial charge in [-0.15, -0.1) is 10.2 Å². The van der Waals surface area contributed by atoms with Gasteiger partial charge >= 0.3 is 0 Å². The Kier molecular flexibility index (Phi) is 6.61. The Morgan fingerprint density at radius 2 is 1.83 bits per heavy atom. The van der Waals surface area contributed by atoms with Crippen LogP contribution in [0.4, 0.5) is 15.8 Å². The number of amides is 2. The van der Waals surface area contributed by atoms with E-state index in [2.05, 4.69) is 20.8 Å². The lowest BCUT2D eigenvalue weighted by atomic mass is 10.2. The summed E-state index contributed by atoms with van der Waals surface area (Å²) in [4.78, 5) is 24.6. The predicted octanol–water partition coefficient (Wildman–Crippen LogP) is 3.98. The fraction of sp³-hybridized carbons (Fsp3) is 0.200. The molecule has 0 fully saturated rings. The van der Waals surface area contributed by atoms with Gasteiger partial charge in [-0.3, -0.25) is 9.59 Å². The summed E-state index contributed by atoms with van der Waals surface area (Å²) in [7, 11) is 0. The minimum absolute atomic E-state index is 0.158. The number of benzene rings is 2. The van der Waals surface area contributed by atoms with Gasteiger partial charge < -0.3 is 15.2 Å². The minimum Gasteiger partial charge on any atom is -0.325 e. The average molecular weight is 413 g/mol. The van der Waals surface area contributed by atoms with Crippen molar-refractivity contribution >= 4 is 35.0 Å². The maximum Gasteiger partial charge on any atom is 0.255 e. The van der Waals surface area contributed by atoms with Crippen LogP contribution >= 0.6 is 11.8 Å². The first kappa shape index (κ1) is 20.5. The average Bonchev–Trinajstić information content (AvgIpc) is 3.15. The van der Waals surface area contributed by atoms with Crippen molar-refractivity contribution in [2.24, 2.45) is 0 Å². The van der Waals surface area contributed by atoms with E-state index in [1.165, 1.54) is 30.0 Å². The summed E-state index contributed by atoms with van der Waals surface area (Å²) in [6, 6.07) is 12.4. The molecule has 2 N–H and O–H groups in total. The molecule has 0 aliphatic rings. The lowest BCUT2D eigenvalue weighted by molar-refractivity contribution is -0.113. The minimum atomic E-state index is -0.436. The van der Waals surface area contributed by atoms with Gasteiger partial charge in [-0.2, -0.15) is 0 Å². The van der Waals surface area contributed by atoms with Gasteiger partial charge in [-0.25, -0.2) is 4.39 Å². The van der Waals surface area contributed by atoms with E-state index in [-0.39, 0.29) is 17.7 Å². The van der Waals surface area contributed by atoms with E-state index in [1.807, 2.05) is 18.4 Å². The van der Waals surface area contributed by atoms with Crippen LogP contribution in [0.25, 0.3) is 0 Å². The van der Waals surface area contributed by atoms with Crippen LogP contribution in [0.3, 0.4) is 0 Å². The zero-order chi connectivity index (χ0) is 20.8. The van der Waals surface area contributed by atoms with Crippen molar-refractivity contribution in [3.63, 3.8) is 0 Å². The number of thioether (sulfide) groups is 1. The highest BCUT2D eigenvalue weighted by Crippen LogP contribution is 2.19. The van der Waals surface area contributed by atoms with E-state index in [0.717, 1.165) is 0 Å². The first-order valence-electron chi connectivity index (χ1n) is 8.91. The molecule has 9 heteroatoms. The highest BCUT2D eigenvalue weighted by Gasteiger charge is 2.12. The number of aromatic nitrogens is 3. The SMILES string of the molecule is CC(C)n1cnnc1SCC(=O)Nc1cccc(C(=O)Nc2cccc(F)c2)c1. The number of anilines is 2. The molecule has 2 aromatic carbocycles. The van der Waals surface area contributed by atoms with Crippen molar-refractivity contribution in [1.82, 2.24) is 14.8 Å². The quantitative estimate of drug-likeness (QED) is 0.572. The van der Waals surface area contributed by atoms with Gasteiger partial charge in [-0.05, 0) is 50.2 Å². The number of hydrogen-bond donors (Lipinski definition) is 2. The fourth-order valence-electron chi connectivity index (χ4n) is 2.52. The Labute approximate surface area is 171 Å². The van der Waals surface area contributed by atoms with E-state index in [1.54, 1.807) is 36.7 Å². The molecule has 0 saturated heterocycles. The lowest BCUT2D eigenvalue weighted by Crippen LogP contribution is -2.16. The van der Waals surface area contributed by atoms with Crippen LogP contribution in [-0.2, 0) is 4.79 Å². The third kappa shape index (κ3) is 5.64. The summed E-state index contributed by atoms with van der Waals surface area (Å²) in [6.07, 6.45) is 1.63. The Morgan fingerprint density at radius 1 is 1.10 bits per heavy atom. The Bertz CT molecular complexity index is 1020. The van der Waals surface area contributed by atoms with Gasteiger partial charge in [0.25, 0.3) is 5.91 Å². The number of carbonyl (C=O) groups is 2. The van der Waals surface area contributed by atoms with Crippen LogP contribution in [-0.4, -0.2) is 32.3 Å². The monoisotopic (exact) mass is 413 g/mol. The molecular weight excluding hydrogens is 393 g/mol. The van der Waals surface area contributed by atoms with Crippen molar-refractivity contribution in [3.05, 3.63) is 66.2 Å². The third-order valence-corrected chi connectivity index (χ3v) is 4.88. The second kappa shape index (κ2) is 9.33. The molecule has 3 aromatic rings. The summed E-state index contributed by atoms with van der Waals surface area (Å²) in [6.45, 7) is 4.02. The lowest BCUT2D eigenvalue weighted by Gasteiger charge is -2.10. The zero-order valence-corrected chi connectivity index (χ0v) is 16.7. The van der Waals surface area contributed by atoms with Crippen LogP contribution in [0.15, 0.2) is 60.0 Å². The van der Waals surface area contributed by atoms with Crippen LogP contribution in [0.2, 0.25) is 0 Å². The van der Waals surface area contributed by atoms with Gasteiger partial charge in [0.15, 0.2) is 5.16 Å². The Balaban J connectivity index is 1.59. The van der Waals surface area contributed by atoms with Gasteiger partial charge in [-0.1, -0.05) is 23.9 Å². The van der Waals surface area contributed by atoms with Crippen LogP contribution in [0.1, 0.15) is 30.2 Å². The van der Waals surface area contributed by atoms with Crippen molar-refractivity contribution in [2.45, 2.75) is 25.0 Å². The number of nitrogens with zero attached hydrogens (tertiary/aromatic N) is 3. The molecule has 7 nitrogen and oxygen atoms in total. The first-order chi connectivity index (χ1) is 13.9. The first-order valence-corrected chi connectivity index (χ1v) is 9.90. The van der Waals surface area contributed by atoms with E-state index >= 15 is 0 Å². The van der Waals surface area contributed by atoms with Gasteiger partial charge in [0.2, 0.25) is 5.91 Å². The molecule has 2 amide bonds.